The minimum absolute atomic E-state index is 0. The molecule has 0 saturated heterocycles. The lowest BCUT2D eigenvalue weighted by atomic mass is 10.0. The first-order valence-corrected chi connectivity index (χ1v) is 4.03. The Hall–Kier alpha value is -1.02. The number of rotatable bonds is 3. The van der Waals surface area contributed by atoms with Crippen molar-refractivity contribution in [3.8, 4) is 0 Å². The smallest absolute Gasteiger partial charge is 0.217 e. The van der Waals surface area contributed by atoms with E-state index in [1.807, 2.05) is 31.2 Å². The minimum atomic E-state index is -0.238. The van der Waals surface area contributed by atoms with Crippen LogP contribution in [0.15, 0.2) is 24.3 Å². The van der Waals surface area contributed by atoms with Crippen molar-refractivity contribution < 1.29 is 4.79 Å². The second-order valence-corrected chi connectivity index (χ2v) is 2.89. The van der Waals surface area contributed by atoms with Crippen LogP contribution in [-0.2, 0) is 11.2 Å². The second kappa shape index (κ2) is 5.60. The summed E-state index contributed by atoms with van der Waals surface area (Å²) < 4.78 is 0. The highest BCUT2D eigenvalue weighted by Crippen LogP contribution is 2.08. The third-order valence-corrected chi connectivity index (χ3v) is 1.90. The van der Waals surface area contributed by atoms with Gasteiger partial charge >= 0.3 is 0 Å². The normalized spacial score (nSPS) is 9.00. The summed E-state index contributed by atoms with van der Waals surface area (Å²) in [7, 11) is 0. The molecule has 1 rings (SSSR count). The van der Waals surface area contributed by atoms with Gasteiger partial charge in [0.25, 0.3) is 0 Å². The van der Waals surface area contributed by atoms with Crippen LogP contribution in [0.3, 0.4) is 0 Å². The largest absolute Gasteiger partial charge is 0.370 e. The zero-order chi connectivity index (χ0) is 8.97. The van der Waals surface area contributed by atoms with Crippen LogP contribution in [0.1, 0.15) is 17.5 Å². The van der Waals surface area contributed by atoms with Crippen LogP contribution in [0.2, 0.25) is 0 Å². The van der Waals surface area contributed by atoms with E-state index in [1.54, 1.807) is 0 Å². The summed E-state index contributed by atoms with van der Waals surface area (Å²) >= 11 is 0. The molecule has 0 heterocycles. The van der Waals surface area contributed by atoms with Gasteiger partial charge in [0.15, 0.2) is 0 Å². The molecule has 0 spiro atoms. The van der Waals surface area contributed by atoms with E-state index in [0.29, 0.717) is 6.42 Å². The standard InChI is InChI=1S/C10H13NO.ClH/c1-8-4-2-3-5-9(8)6-7-10(11)12;/h2-5H,6-7H2,1H3,(H2,11,12);1H. The molecule has 13 heavy (non-hydrogen) atoms. The molecule has 0 fully saturated rings. The fourth-order valence-corrected chi connectivity index (χ4v) is 1.15. The molecule has 1 aromatic rings. The average Bonchev–Trinajstić information content (AvgIpc) is 2.03. The summed E-state index contributed by atoms with van der Waals surface area (Å²) in [5, 5.41) is 0. The Kier molecular flexibility index (Phi) is 5.16. The van der Waals surface area contributed by atoms with Crippen molar-refractivity contribution in [2.24, 2.45) is 5.73 Å². The topological polar surface area (TPSA) is 43.1 Å². The van der Waals surface area contributed by atoms with E-state index in [9.17, 15) is 4.79 Å². The summed E-state index contributed by atoms with van der Waals surface area (Å²) in [5.74, 6) is -0.238. The van der Waals surface area contributed by atoms with Gasteiger partial charge < -0.3 is 5.73 Å². The van der Waals surface area contributed by atoms with Crippen molar-refractivity contribution in [3.05, 3.63) is 35.4 Å². The molecule has 0 unspecified atom stereocenters. The van der Waals surface area contributed by atoms with Crippen molar-refractivity contribution in [2.45, 2.75) is 19.8 Å². The Morgan fingerprint density at radius 1 is 1.38 bits per heavy atom. The van der Waals surface area contributed by atoms with Crippen LogP contribution < -0.4 is 5.73 Å². The van der Waals surface area contributed by atoms with Gasteiger partial charge in [0.05, 0.1) is 0 Å². The van der Waals surface area contributed by atoms with Gasteiger partial charge in [0, 0.05) is 6.42 Å². The molecule has 72 valence electrons. The zero-order valence-corrected chi connectivity index (χ0v) is 8.43. The van der Waals surface area contributed by atoms with Crippen molar-refractivity contribution in [1.29, 1.82) is 0 Å². The quantitative estimate of drug-likeness (QED) is 0.793. The Morgan fingerprint density at radius 2 is 2.00 bits per heavy atom. The van der Waals surface area contributed by atoms with Crippen LogP contribution in [0.5, 0.6) is 0 Å². The highest BCUT2D eigenvalue weighted by molar-refractivity contribution is 5.85. The SMILES string of the molecule is Cc1ccccc1CCC(N)=O.Cl. The first-order valence-electron chi connectivity index (χ1n) is 4.03. The van der Waals surface area contributed by atoms with Gasteiger partial charge in [-0.15, -0.1) is 12.4 Å². The Labute approximate surface area is 84.5 Å². The van der Waals surface area contributed by atoms with E-state index in [-0.39, 0.29) is 18.3 Å². The summed E-state index contributed by atoms with van der Waals surface area (Å²) in [6.07, 6.45) is 1.19. The molecule has 0 aliphatic heterocycles. The van der Waals surface area contributed by atoms with E-state index in [2.05, 4.69) is 0 Å². The second-order valence-electron chi connectivity index (χ2n) is 2.89. The number of aryl methyl sites for hydroxylation is 2. The van der Waals surface area contributed by atoms with Crippen molar-refractivity contribution in [1.82, 2.24) is 0 Å². The lowest BCUT2D eigenvalue weighted by Crippen LogP contribution is -2.11. The lowest BCUT2D eigenvalue weighted by molar-refractivity contribution is -0.117. The molecule has 3 heteroatoms. The predicted molar refractivity (Wildman–Crippen MR) is 55.9 cm³/mol. The number of amides is 1. The number of carbonyl (C=O) groups excluding carboxylic acids is 1. The molecule has 0 bridgehead atoms. The van der Waals surface area contributed by atoms with E-state index in [4.69, 9.17) is 5.73 Å². The van der Waals surface area contributed by atoms with Gasteiger partial charge in [-0.25, -0.2) is 0 Å². The maximum atomic E-state index is 10.5. The maximum absolute atomic E-state index is 10.5. The Balaban J connectivity index is 0.00000144. The number of hydrogen-bond donors (Lipinski definition) is 1. The third-order valence-electron chi connectivity index (χ3n) is 1.90. The third kappa shape index (κ3) is 3.95. The number of carbonyl (C=O) groups is 1. The monoisotopic (exact) mass is 199 g/mol. The van der Waals surface area contributed by atoms with Crippen molar-refractivity contribution in [3.63, 3.8) is 0 Å². The van der Waals surface area contributed by atoms with Gasteiger partial charge in [-0.2, -0.15) is 0 Å². The Bertz CT molecular complexity index is 286. The van der Waals surface area contributed by atoms with Crippen LogP contribution in [0, 0.1) is 6.92 Å². The molecular weight excluding hydrogens is 186 g/mol. The van der Waals surface area contributed by atoms with E-state index < -0.39 is 0 Å². The summed E-state index contributed by atoms with van der Waals surface area (Å²) in [6, 6.07) is 8.03. The highest BCUT2D eigenvalue weighted by Gasteiger charge is 1.98. The predicted octanol–water partition coefficient (Wildman–Crippen LogP) is 1.83. The van der Waals surface area contributed by atoms with Gasteiger partial charge in [0.1, 0.15) is 0 Å². The molecule has 1 amide bonds. The molecule has 1 aromatic carbocycles. The number of hydrogen-bond acceptors (Lipinski definition) is 1. The number of primary amides is 1. The molecule has 0 radical (unpaired) electrons. The van der Waals surface area contributed by atoms with E-state index in [0.717, 1.165) is 6.42 Å². The van der Waals surface area contributed by atoms with Crippen LogP contribution in [0.4, 0.5) is 0 Å². The van der Waals surface area contributed by atoms with Crippen molar-refractivity contribution in [2.75, 3.05) is 0 Å². The number of benzene rings is 1. The minimum Gasteiger partial charge on any atom is -0.370 e. The van der Waals surface area contributed by atoms with Gasteiger partial charge in [-0.1, -0.05) is 24.3 Å². The van der Waals surface area contributed by atoms with Gasteiger partial charge in [-0.3, -0.25) is 4.79 Å². The highest BCUT2D eigenvalue weighted by atomic mass is 35.5. The Morgan fingerprint density at radius 3 is 2.54 bits per heavy atom. The fourth-order valence-electron chi connectivity index (χ4n) is 1.15. The molecule has 0 aromatic heterocycles. The molecule has 0 aliphatic rings. The summed E-state index contributed by atoms with van der Waals surface area (Å²) in [6.45, 7) is 2.04. The first-order chi connectivity index (χ1) is 5.70. The van der Waals surface area contributed by atoms with Crippen molar-refractivity contribution >= 4 is 18.3 Å². The summed E-state index contributed by atoms with van der Waals surface area (Å²) in [5.41, 5.74) is 7.48. The number of nitrogens with two attached hydrogens (primary N) is 1. The lowest BCUT2D eigenvalue weighted by Gasteiger charge is -2.02. The zero-order valence-electron chi connectivity index (χ0n) is 7.62. The average molecular weight is 200 g/mol. The van der Waals surface area contributed by atoms with Crippen LogP contribution in [0.25, 0.3) is 0 Å². The van der Waals surface area contributed by atoms with E-state index in [1.165, 1.54) is 11.1 Å². The summed E-state index contributed by atoms with van der Waals surface area (Å²) in [4.78, 5) is 10.5. The van der Waals surface area contributed by atoms with Crippen LogP contribution >= 0.6 is 12.4 Å². The van der Waals surface area contributed by atoms with Gasteiger partial charge in [0.2, 0.25) is 5.91 Å². The molecule has 0 atom stereocenters. The molecule has 0 aliphatic carbocycles. The number of halogens is 1. The first kappa shape index (κ1) is 12.0. The van der Waals surface area contributed by atoms with Gasteiger partial charge in [-0.05, 0) is 24.5 Å². The van der Waals surface area contributed by atoms with E-state index >= 15 is 0 Å². The molecule has 0 saturated carbocycles. The van der Waals surface area contributed by atoms with Crippen LogP contribution in [-0.4, -0.2) is 5.91 Å². The fraction of sp³-hybridized carbons (Fsp3) is 0.300. The molecular formula is C10H14ClNO. The molecule has 2 N–H and O–H groups in total. The maximum Gasteiger partial charge on any atom is 0.217 e. The molecule has 2 nitrogen and oxygen atoms in total.